The van der Waals surface area contributed by atoms with Crippen LogP contribution in [-0.4, -0.2) is 60.3 Å². The summed E-state index contributed by atoms with van der Waals surface area (Å²) in [4.78, 5) is 23.7. The molecule has 0 radical (unpaired) electrons. The number of ether oxygens (including phenoxy) is 3. The summed E-state index contributed by atoms with van der Waals surface area (Å²) < 4.78 is 17.0. The molecule has 2 aromatic heterocycles. The van der Waals surface area contributed by atoms with Crippen molar-refractivity contribution in [2.45, 2.75) is 32.3 Å². The normalized spacial score (nSPS) is 19.1. The lowest BCUT2D eigenvalue weighted by atomic mass is 9.99. The van der Waals surface area contributed by atoms with Crippen LogP contribution >= 0.6 is 0 Å². The Kier molecular flexibility index (Phi) is 6.13. The van der Waals surface area contributed by atoms with Crippen LogP contribution in [0.2, 0.25) is 0 Å². The van der Waals surface area contributed by atoms with Gasteiger partial charge in [0.1, 0.15) is 11.9 Å². The molecule has 2 aliphatic rings. The zero-order chi connectivity index (χ0) is 22.8. The van der Waals surface area contributed by atoms with Crippen LogP contribution in [0.15, 0.2) is 42.7 Å². The first-order valence-electron chi connectivity index (χ1n) is 11.6. The monoisotopic (exact) mass is 447 g/mol. The average molecular weight is 448 g/mol. The molecule has 7 nitrogen and oxygen atoms in total. The number of carbonyl (C=O) groups is 1. The number of pyridine rings is 2. The fourth-order valence-electron chi connectivity index (χ4n) is 4.79. The minimum Gasteiger partial charge on any atom is -0.488 e. The number of carbonyl (C=O) groups excluding carboxylic acids is 1. The summed E-state index contributed by atoms with van der Waals surface area (Å²) in [6.07, 6.45) is 6.12. The fourth-order valence-corrected chi connectivity index (χ4v) is 4.79. The highest BCUT2D eigenvalue weighted by atomic mass is 16.5. The molecule has 33 heavy (non-hydrogen) atoms. The summed E-state index contributed by atoms with van der Waals surface area (Å²) in [5.74, 6) is 1.76. The lowest BCUT2D eigenvalue weighted by Crippen LogP contribution is -2.38. The Morgan fingerprint density at radius 3 is 2.76 bits per heavy atom. The van der Waals surface area contributed by atoms with E-state index in [0.29, 0.717) is 25.6 Å². The van der Waals surface area contributed by atoms with E-state index in [4.69, 9.17) is 14.2 Å². The first-order chi connectivity index (χ1) is 16.1. The topological polar surface area (TPSA) is 73.8 Å². The van der Waals surface area contributed by atoms with Crippen LogP contribution in [-0.2, 0) is 9.53 Å². The van der Waals surface area contributed by atoms with Crippen LogP contribution < -0.4 is 9.47 Å². The van der Waals surface area contributed by atoms with Gasteiger partial charge in [0.05, 0.1) is 19.2 Å². The minimum atomic E-state index is -0.00346. The molecule has 3 aromatic rings. The van der Waals surface area contributed by atoms with Crippen molar-refractivity contribution in [2.24, 2.45) is 5.92 Å². The number of fused-ring (bicyclic) bond motifs is 1. The Labute approximate surface area is 193 Å². The van der Waals surface area contributed by atoms with Gasteiger partial charge in [0.2, 0.25) is 11.8 Å². The summed E-state index contributed by atoms with van der Waals surface area (Å²) in [6.45, 7) is 4.73. The quantitative estimate of drug-likeness (QED) is 0.588. The molecule has 1 atom stereocenters. The number of amides is 1. The number of aryl methyl sites for hydroxylation is 1. The van der Waals surface area contributed by atoms with E-state index in [1.165, 1.54) is 0 Å². The number of likely N-dealkylation sites (tertiary alicyclic amines) is 1. The van der Waals surface area contributed by atoms with E-state index in [2.05, 4.69) is 16.0 Å². The Bertz CT molecular complexity index is 1160. The van der Waals surface area contributed by atoms with E-state index in [0.717, 1.165) is 59.2 Å². The molecule has 0 N–H and O–H groups in total. The fraction of sp³-hybridized carbons (Fsp3) is 0.423. The molecule has 0 bridgehead atoms. The smallest absolute Gasteiger partial charge is 0.225 e. The second-order valence-corrected chi connectivity index (χ2v) is 8.79. The number of hydrogen-bond acceptors (Lipinski definition) is 6. The molecule has 1 amide bonds. The van der Waals surface area contributed by atoms with Crippen LogP contribution in [0.5, 0.6) is 11.6 Å². The van der Waals surface area contributed by atoms with Crippen molar-refractivity contribution in [3.63, 3.8) is 0 Å². The molecule has 5 rings (SSSR count). The Morgan fingerprint density at radius 2 is 1.97 bits per heavy atom. The summed E-state index contributed by atoms with van der Waals surface area (Å²) in [7, 11) is 1.63. The molecule has 0 aliphatic carbocycles. The van der Waals surface area contributed by atoms with E-state index in [-0.39, 0.29) is 17.9 Å². The van der Waals surface area contributed by atoms with Crippen molar-refractivity contribution in [2.75, 3.05) is 33.4 Å². The molecule has 2 fully saturated rings. The number of rotatable bonds is 5. The SMILES string of the molecule is COc1ncc(-c2ccnc3ccc(O[C@H]4CCN(C(=O)C5CCOCC5)C4)cc23)cc1C. The minimum absolute atomic E-state index is 0.00346. The van der Waals surface area contributed by atoms with Gasteiger partial charge in [-0.05, 0) is 55.7 Å². The van der Waals surface area contributed by atoms with Crippen LogP contribution in [0.25, 0.3) is 22.0 Å². The van der Waals surface area contributed by atoms with Gasteiger partial charge in [-0.3, -0.25) is 9.78 Å². The maximum absolute atomic E-state index is 12.8. The van der Waals surface area contributed by atoms with Gasteiger partial charge in [0.25, 0.3) is 0 Å². The van der Waals surface area contributed by atoms with E-state index in [1.807, 2.05) is 48.5 Å². The molecule has 0 unspecified atom stereocenters. The van der Waals surface area contributed by atoms with Crippen LogP contribution in [0.1, 0.15) is 24.8 Å². The van der Waals surface area contributed by atoms with Crippen molar-refractivity contribution in [3.8, 4) is 22.8 Å². The second-order valence-electron chi connectivity index (χ2n) is 8.79. The summed E-state index contributed by atoms with van der Waals surface area (Å²) in [6, 6.07) is 10.1. The standard InChI is InChI=1S/C26H29N3O4/c1-17-13-19(15-28-25(17)31-2)22-5-9-27-24-4-3-20(14-23(22)24)33-21-6-10-29(16-21)26(30)18-7-11-32-12-8-18/h3-5,9,13-15,18,21H,6-8,10-12,16H2,1-2H3/t21-/m0/s1. The lowest BCUT2D eigenvalue weighted by Gasteiger charge is -2.26. The second kappa shape index (κ2) is 9.35. The molecule has 7 heteroatoms. The third-order valence-electron chi connectivity index (χ3n) is 6.58. The lowest BCUT2D eigenvalue weighted by molar-refractivity contribution is -0.137. The van der Waals surface area contributed by atoms with Crippen LogP contribution in [0.3, 0.4) is 0 Å². The number of aromatic nitrogens is 2. The summed E-state index contributed by atoms with van der Waals surface area (Å²) >= 11 is 0. The van der Waals surface area contributed by atoms with Gasteiger partial charge in [0, 0.05) is 61.0 Å². The summed E-state index contributed by atoms with van der Waals surface area (Å²) in [5.41, 5.74) is 3.93. The molecule has 4 heterocycles. The predicted molar refractivity (Wildman–Crippen MR) is 125 cm³/mol. The first kappa shape index (κ1) is 21.6. The molecule has 2 aliphatic heterocycles. The van der Waals surface area contributed by atoms with Gasteiger partial charge in [-0.1, -0.05) is 0 Å². The molecule has 0 spiro atoms. The van der Waals surface area contributed by atoms with Gasteiger partial charge in [-0.25, -0.2) is 4.98 Å². The maximum atomic E-state index is 12.8. The van der Waals surface area contributed by atoms with E-state index in [1.54, 1.807) is 7.11 Å². The van der Waals surface area contributed by atoms with Crippen molar-refractivity contribution in [3.05, 3.63) is 48.3 Å². The van der Waals surface area contributed by atoms with Crippen molar-refractivity contribution in [1.29, 1.82) is 0 Å². The van der Waals surface area contributed by atoms with Crippen molar-refractivity contribution < 1.29 is 19.0 Å². The number of benzene rings is 1. The molecular weight excluding hydrogens is 418 g/mol. The van der Waals surface area contributed by atoms with Gasteiger partial charge in [0.15, 0.2) is 0 Å². The molecule has 1 aromatic carbocycles. The van der Waals surface area contributed by atoms with Crippen LogP contribution in [0.4, 0.5) is 0 Å². The predicted octanol–water partition coefficient (Wildman–Crippen LogP) is 4.02. The Hall–Kier alpha value is -3.19. The van der Waals surface area contributed by atoms with E-state index >= 15 is 0 Å². The van der Waals surface area contributed by atoms with Crippen molar-refractivity contribution in [1.82, 2.24) is 14.9 Å². The van der Waals surface area contributed by atoms with Crippen LogP contribution in [0, 0.1) is 12.8 Å². The van der Waals surface area contributed by atoms with E-state index < -0.39 is 0 Å². The van der Waals surface area contributed by atoms with Gasteiger partial charge < -0.3 is 19.1 Å². The molecule has 2 saturated heterocycles. The third kappa shape index (κ3) is 4.50. The largest absolute Gasteiger partial charge is 0.488 e. The maximum Gasteiger partial charge on any atom is 0.225 e. The Balaban J connectivity index is 1.34. The summed E-state index contributed by atoms with van der Waals surface area (Å²) in [5, 5.41) is 1.01. The Morgan fingerprint density at radius 1 is 1.12 bits per heavy atom. The molecule has 0 saturated carbocycles. The number of methoxy groups -OCH3 is 1. The average Bonchev–Trinajstić information content (AvgIpc) is 3.32. The number of hydrogen-bond donors (Lipinski definition) is 0. The highest BCUT2D eigenvalue weighted by Crippen LogP contribution is 2.32. The zero-order valence-corrected chi connectivity index (χ0v) is 19.1. The van der Waals surface area contributed by atoms with Gasteiger partial charge in [-0.15, -0.1) is 0 Å². The zero-order valence-electron chi connectivity index (χ0n) is 19.1. The highest BCUT2D eigenvalue weighted by molar-refractivity contribution is 5.95. The molecular formula is C26H29N3O4. The number of nitrogens with zero attached hydrogens (tertiary/aromatic N) is 3. The highest BCUT2D eigenvalue weighted by Gasteiger charge is 2.32. The molecule has 172 valence electrons. The third-order valence-corrected chi connectivity index (χ3v) is 6.58. The van der Waals surface area contributed by atoms with Gasteiger partial charge in [-0.2, -0.15) is 0 Å². The van der Waals surface area contributed by atoms with Gasteiger partial charge >= 0.3 is 0 Å². The van der Waals surface area contributed by atoms with Crippen molar-refractivity contribution >= 4 is 16.8 Å². The van der Waals surface area contributed by atoms with E-state index in [9.17, 15) is 4.79 Å². The first-order valence-corrected chi connectivity index (χ1v) is 11.6.